The monoisotopic (exact) mass is 295 g/mol. The predicted molar refractivity (Wildman–Crippen MR) is 78.1 cm³/mol. The summed E-state index contributed by atoms with van der Waals surface area (Å²) in [6.07, 6.45) is 0.376. The van der Waals surface area contributed by atoms with Gasteiger partial charge in [-0.05, 0) is 49.2 Å². The van der Waals surface area contributed by atoms with Crippen molar-refractivity contribution < 1.29 is 8.78 Å². The van der Waals surface area contributed by atoms with Gasteiger partial charge in [0.05, 0.1) is 0 Å². The van der Waals surface area contributed by atoms with Gasteiger partial charge in [-0.2, -0.15) is 0 Å². The van der Waals surface area contributed by atoms with Crippen LogP contribution in [0.1, 0.15) is 22.7 Å². The minimum absolute atomic E-state index is 0.0951. The van der Waals surface area contributed by atoms with Crippen LogP contribution in [0, 0.1) is 18.6 Å². The standard InChI is InChI=1S/C16H16ClF2N/c1-10-8-11(6-7-13(10)17)15(20-2)9-12-4-3-5-14(18)16(12)19/h3-8,15,20H,9H2,1-2H3. The van der Waals surface area contributed by atoms with Gasteiger partial charge in [0, 0.05) is 11.1 Å². The van der Waals surface area contributed by atoms with Crippen molar-refractivity contribution in [2.24, 2.45) is 0 Å². The average Bonchev–Trinajstić information content (AvgIpc) is 2.44. The van der Waals surface area contributed by atoms with E-state index in [4.69, 9.17) is 11.6 Å². The Kier molecular flexibility index (Phi) is 4.73. The number of rotatable bonds is 4. The zero-order valence-electron chi connectivity index (χ0n) is 11.4. The Bertz CT molecular complexity index is 613. The summed E-state index contributed by atoms with van der Waals surface area (Å²) in [6, 6.07) is 9.83. The lowest BCUT2D eigenvalue weighted by Gasteiger charge is -2.18. The molecule has 0 aromatic heterocycles. The molecule has 2 aromatic rings. The number of aryl methyl sites for hydroxylation is 1. The quantitative estimate of drug-likeness (QED) is 0.880. The summed E-state index contributed by atoms with van der Waals surface area (Å²) in [7, 11) is 1.80. The Hall–Kier alpha value is -1.45. The van der Waals surface area contributed by atoms with Gasteiger partial charge in [0.2, 0.25) is 0 Å². The van der Waals surface area contributed by atoms with Crippen molar-refractivity contribution in [2.45, 2.75) is 19.4 Å². The van der Waals surface area contributed by atoms with Gasteiger partial charge in [0.15, 0.2) is 11.6 Å². The molecule has 0 aliphatic rings. The molecule has 20 heavy (non-hydrogen) atoms. The fraction of sp³-hybridized carbons (Fsp3) is 0.250. The molecule has 0 aliphatic carbocycles. The summed E-state index contributed by atoms with van der Waals surface area (Å²) in [5, 5.41) is 3.82. The number of hydrogen-bond acceptors (Lipinski definition) is 1. The second kappa shape index (κ2) is 6.33. The summed E-state index contributed by atoms with van der Waals surface area (Å²) in [6.45, 7) is 1.92. The first-order chi connectivity index (χ1) is 9.52. The van der Waals surface area contributed by atoms with Crippen LogP contribution in [0.25, 0.3) is 0 Å². The highest BCUT2D eigenvalue weighted by Gasteiger charge is 2.15. The maximum Gasteiger partial charge on any atom is 0.162 e. The molecule has 0 saturated carbocycles. The van der Waals surface area contributed by atoms with E-state index < -0.39 is 11.6 Å². The number of benzene rings is 2. The van der Waals surface area contributed by atoms with Gasteiger partial charge in [0.25, 0.3) is 0 Å². The molecule has 0 heterocycles. The molecule has 1 N–H and O–H groups in total. The summed E-state index contributed by atoms with van der Waals surface area (Å²) >= 11 is 6.00. The molecule has 0 aliphatic heterocycles. The topological polar surface area (TPSA) is 12.0 Å². The summed E-state index contributed by atoms with van der Waals surface area (Å²) in [5.41, 5.74) is 2.32. The lowest BCUT2D eigenvalue weighted by Crippen LogP contribution is -2.19. The van der Waals surface area contributed by atoms with Gasteiger partial charge >= 0.3 is 0 Å². The van der Waals surface area contributed by atoms with Gasteiger partial charge in [-0.1, -0.05) is 35.9 Å². The fourth-order valence-electron chi connectivity index (χ4n) is 2.20. The molecule has 0 fully saturated rings. The van der Waals surface area contributed by atoms with E-state index in [2.05, 4.69) is 5.32 Å². The molecular formula is C16H16ClF2N. The lowest BCUT2D eigenvalue weighted by atomic mass is 9.97. The molecule has 2 rings (SSSR count). The minimum atomic E-state index is -0.815. The fourth-order valence-corrected chi connectivity index (χ4v) is 2.31. The molecule has 4 heteroatoms. The summed E-state index contributed by atoms with van der Waals surface area (Å²) < 4.78 is 27.0. The third-order valence-electron chi connectivity index (χ3n) is 3.39. The van der Waals surface area contributed by atoms with Crippen LogP contribution in [0.3, 0.4) is 0 Å². The lowest BCUT2D eigenvalue weighted by molar-refractivity contribution is 0.487. The molecule has 106 valence electrons. The van der Waals surface area contributed by atoms with Crippen LogP contribution in [-0.2, 0) is 6.42 Å². The number of nitrogens with one attached hydrogen (secondary N) is 1. The first-order valence-corrected chi connectivity index (χ1v) is 6.77. The molecule has 0 spiro atoms. The smallest absolute Gasteiger partial charge is 0.162 e. The SMILES string of the molecule is CNC(Cc1cccc(F)c1F)c1ccc(Cl)c(C)c1. The van der Waals surface area contributed by atoms with E-state index >= 15 is 0 Å². The van der Waals surface area contributed by atoms with E-state index in [9.17, 15) is 8.78 Å². The Morgan fingerprint density at radius 1 is 1.20 bits per heavy atom. The largest absolute Gasteiger partial charge is 0.313 e. The van der Waals surface area contributed by atoms with E-state index in [-0.39, 0.29) is 6.04 Å². The first kappa shape index (κ1) is 14.9. The van der Waals surface area contributed by atoms with E-state index in [0.29, 0.717) is 17.0 Å². The third-order valence-corrected chi connectivity index (χ3v) is 3.81. The Morgan fingerprint density at radius 2 is 1.95 bits per heavy atom. The van der Waals surface area contributed by atoms with Gasteiger partial charge in [-0.15, -0.1) is 0 Å². The zero-order valence-corrected chi connectivity index (χ0v) is 12.1. The van der Waals surface area contributed by atoms with E-state index in [1.807, 2.05) is 25.1 Å². The molecule has 1 nitrogen and oxygen atoms in total. The van der Waals surface area contributed by atoms with Crippen LogP contribution in [0.5, 0.6) is 0 Å². The number of likely N-dealkylation sites (N-methyl/N-ethyl adjacent to an activating group) is 1. The van der Waals surface area contributed by atoms with Crippen molar-refractivity contribution in [1.29, 1.82) is 0 Å². The Morgan fingerprint density at radius 3 is 2.60 bits per heavy atom. The molecule has 2 aromatic carbocycles. The average molecular weight is 296 g/mol. The highest BCUT2D eigenvalue weighted by molar-refractivity contribution is 6.31. The van der Waals surface area contributed by atoms with E-state index in [1.165, 1.54) is 6.07 Å². The molecular weight excluding hydrogens is 280 g/mol. The minimum Gasteiger partial charge on any atom is -0.313 e. The molecule has 0 radical (unpaired) electrons. The molecule has 0 saturated heterocycles. The second-order valence-corrected chi connectivity index (χ2v) is 5.17. The molecule has 1 unspecified atom stereocenters. The number of hydrogen-bond donors (Lipinski definition) is 1. The third kappa shape index (κ3) is 3.17. The maximum absolute atomic E-state index is 13.7. The Labute approximate surface area is 122 Å². The predicted octanol–water partition coefficient (Wildman–Crippen LogP) is 4.43. The highest BCUT2D eigenvalue weighted by Crippen LogP contribution is 2.24. The van der Waals surface area contributed by atoms with Crippen LogP contribution < -0.4 is 5.32 Å². The van der Waals surface area contributed by atoms with Crippen molar-refractivity contribution in [3.8, 4) is 0 Å². The van der Waals surface area contributed by atoms with Crippen molar-refractivity contribution in [3.63, 3.8) is 0 Å². The van der Waals surface area contributed by atoms with Crippen LogP contribution in [-0.4, -0.2) is 7.05 Å². The summed E-state index contributed by atoms with van der Waals surface area (Å²) in [4.78, 5) is 0. The second-order valence-electron chi connectivity index (χ2n) is 4.77. The molecule has 0 bridgehead atoms. The van der Waals surface area contributed by atoms with E-state index in [0.717, 1.165) is 17.2 Å². The van der Waals surface area contributed by atoms with Crippen LogP contribution in [0.4, 0.5) is 8.78 Å². The maximum atomic E-state index is 13.7. The Balaban J connectivity index is 2.28. The zero-order chi connectivity index (χ0) is 14.7. The van der Waals surface area contributed by atoms with Gasteiger partial charge < -0.3 is 5.32 Å². The van der Waals surface area contributed by atoms with Crippen molar-refractivity contribution in [3.05, 3.63) is 69.7 Å². The van der Waals surface area contributed by atoms with Crippen molar-refractivity contribution in [2.75, 3.05) is 7.05 Å². The van der Waals surface area contributed by atoms with Crippen molar-refractivity contribution >= 4 is 11.6 Å². The van der Waals surface area contributed by atoms with Gasteiger partial charge in [-0.25, -0.2) is 8.78 Å². The number of halogens is 3. The van der Waals surface area contributed by atoms with Crippen LogP contribution in [0.15, 0.2) is 36.4 Å². The molecule has 1 atom stereocenters. The van der Waals surface area contributed by atoms with Crippen LogP contribution >= 0.6 is 11.6 Å². The first-order valence-electron chi connectivity index (χ1n) is 6.39. The normalized spacial score (nSPS) is 12.4. The van der Waals surface area contributed by atoms with Crippen molar-refractivity contribution in [1.82, 2.24) is 5.32 Å². The van der Waals surface area contributed by atoms with Crippen LogP contribution in [0.2, 0.25) is 5.02 Å². The van der Waals surface area contributed by atoms with Gasteiger partial charge in [-0.3, -0.25) is 0 Å². The van der Waals surface area contributed by atoms with E-state index in [1.54, 1.807) is 13.1 Å². The highest BCUT2D eigenvalue weighted by atomic mass is 35.5. The summed E-state index contributed by atoms with van der Waals surface area (Å²) in [5.74, 6) is -1.59. The molecule has 0 amide bonds. The van der Waals surface area contributed by atoms with Gasteiger partial charge in [0.1, 0.15) is 0 Å².